The molecule has 32 heavy (non-hydrogen) atoms. The number of benzene rings is 1. The Morgan fingerprint density at radius 1 is 1.22 bits per heavy atom. The zero-order valence-corrected chi connectivity index (χ0v) is 18.3. The van der Waals surface area contributed by atoms with Gasteiger partial charge in [0.05, 0.1) is 6.54 Å². The van der Waals surface area contributed by atoms with Gasteiger partial charge in [0.1, 0.15) is 11.5 Å². The number of carbonyl (C=O) groups is 2. The SMILES string of the molecule is CC1CN(Cc2ccccc2)CC1C(N)=NC(=O)C(=N)CNC(=O)C1CCC(F)(F)CC1. The first-order chi connectivity index (χ1) is 15.1. The quantitative estimate of drug-likeness (QED) is 0.441. The summed E-state index contributed by atoms with van der Waals surface area (Å²) in [6.07, 6.45) is -0.430. The van der Waals surface area contributed by atoms with E-state index in [0.717, 1.165) is 13.1 Å². The van der Waals surface area contributed by atoms with Crippen molar-refractivity contribution in [2.45, 2.75) is 45.1 Å². The molecule has 1 aliphatic heterocycles. The van der Waals surface area contributed by atoms with Crippen molar-refractivity contribution in [2.24, 2.45) is 28.5 Å². The fourth-order valence-electron chi connectivity index (χ4n) is 4.39. The number of carbonyl (C=O) groups excluding carboxylic acids is 2. The summed E-state index contributed by atoms with van der Waals surface area (Å²) in [4.78, 5) is 30.6. The summed E-state index contributed by atoms with van der Waals surface area (Å²) in [6.45, 7) is 4.06. The topological polar surface area (TPSA) is 112 Å². The molecule has 0 bridgehead atoms. The fourth-order valence-corrected chi connectivity index (χ4v) is 4.39. The Morgan fingerprint density at radius 3 is 2.53 bits per heavy atom. The predicted molar refractivity (Wildman–Crippen MR) is 119 cm³/mol. The number of amides is 2. The first-order valence-electron chi connectivity index (χ1n) is 11.0. The van der Waals surface area contributed by atoms with Gasteiger partial charge >= 0.3 is 0 Å². The van der Waals surface area contributed by atoms with Crippen LogP contribution in [-0.4, -0.2) is 53.8 Å². The summed E-state index contributed by atoms with van der Waals surface area (Å²) in [5.74, 6) is -4.09. The van der Waals surface area contributed by atoms with E-state index >= 15 is 0 Å². The second-order valence-electron chi connectivity index (χ2n) is 8.93. The van der Waals surface area contributed by atoms with Crippen LogP contribution in [0.3, 0.4) is 0 Å². The van der Waals surface area contributed by atoms with Crippen molar-refractivity contribution in [1.82, 2.24) is 10.2 Å². The Hall–Kier alpha value is -2.68. The van der Waals surface area contributed by atoms with Gasteiger partial charge in [-0.2, -0.15) is 4.99 Å². The molecule has 2 amide bonds. The van der Waals surface area contributed by atoms with E-state index in [1.165, 1.54) is 5.56 Å². The summed E-state index contributed by atoms with van der Waals surface area (Å²) in [5.41, 5.74) is 6.93. The normalized spacial score (nSPS) is 24.3. The molecule has 9 heteroatoms. The Bertz CT molecular complexity index is 864. The third-order valence-corrected chi connectivity index (χ3v) is 6.33. The number of hydrogen-bond donors (Lipinski definition) is 3. The number of aliphatic imine (C=N–C) groups is 1. The largest absolute Gasteiger partial charge is 0.387 e. The molecule has 4 N–H and O–H groups in total. The van der Waals surface area contributed by atoms with Gasteiger partial charge in [-0.3, -0.25) is 19.9 Å². The monoisotopic (exact) mass is 447 g/mol. The molecule has 1 aromatic carbocycles. The van der Waals surface area contributed by atoms with E-state index in [9.17, 15) is 18.4 Å². The van der Waals surface area contributed by atoms with Crippen LogP contribution < -0.4 is 11.1 Å². The molecule has 0 spiro atoms. The Kier molecular flexibility index (Phi) is 7.71. The molecule has 1 saturated heterocycles. The van der Waals surface area contributed by atoms with E-state index in [2.05, 4.69) is 34.3 Å². The highest BCUT2D eigenvalue weighted by atomic mass is 19.3. The molecule has 1 saturated carbocycles. The maximum Gasteiger partial charge on any atom is 0.294 e. The average Bonchev–Trinajstić information content (AvgIpc) is 3.12. The maximum absolute atomic E-state index is 13.2. The number of nitrogens with zero attached hydrogens (tertiary/aromatic N) is 2. The summed E-state index contributed by atoms with van der Waals surface area (Å²) >= 11 is 0. The van der Waals surface area contributed by atoms with Crippen molar-refractivity contribution in [3.05, 3.63) is 35.9 Å². The summed E-state index contributed by atoms with van der Waals surface area (Å²) in [6, 6.07) is 10.1. The summed E-state index contributed by atoms with van der Waals surface area (Å²) < 4.78 is 26.5. The van der Waals surface area contributed by atoms with E-state index in [1.54, 1.807) is 0 Å². The lowest BCUT2D eigenvalue weighted by atomic mass is 9.86. The number of amidine groups is 1. The van der Waals surface area contributed by atoms with Gasteiger partial charge in [-0.05, 0) is 24.3 Å². The Morgan fingerprint density at radius 2 is 1.88 bits per heavy atom. The van der Waals surface area contributed by atoms with Crippen molar-refractivity contribution in [3.63, 3.8) is 0 Å². The second kappa shape index (κ2) is 10.3. The average molecular weight is 448 g/mol. The van der Waals surface area contributed by atoms with Crippen LogP contribution in [0.25, 0.3) is 0 Å². The lowest BCUT2D eigenvalue weighted by Crippen LogP contribution is -2.39. The van der Waals surface area contributed by atoms with Crippen LogP contribution in [0, 0.1) is 23.2 Å². The standard InChI is InChI=1S/C23H31F2N5O2/c1-15-12-30(13-16-5-3-2-4-6-16)14-18(15)20(27)29-22(32)19(26)11-28-21(31)17-7-9-23(24,25)10-8-17/h2-6,15,17-18,26H,7-14H2,1H3,(H,28,31)(H2,27,29,32). The molecule has 174 valence electrons. The number of nitrogens with one attached hydrogen (secondary N) is 2. The zero-order chi connectivity index (χ0) is 23.3. The fraction of sp³-hybridized carbons (Fsp3) is 0.565. The minimum absolute atomic E-state index is 0.0889. The van der Waals surface area contributed by atoms with Gasteiger partial charge in [-0.25, -0.2) is 8.78 Å². The number of hydrogen-bond acceptors (Lipinski definition) is 4. The van der Waals surface area contributed by atoms with Crippen molar-refractivity contribution >= 4 is 23.4 Å². The molecule has 2 atom stereocenters. The molecule has 0 radical (unpaired) electrons. The van der Waals surface area contributed by atoms with Crippen LogP contribution >= 0.6 is 0 Å². The van der Waals surface area contributed by atoms with Gasteiger partial charge < -0.3 is 11.1 Å². The number of halogens is 2. The maximum atomic E-state index is 13.2. The highest BCUT2D eigenvalue weighted by Crippen LogP contribution is 2.36. The third-order valence-electron chi connectivity index (χ3n) is 6.33. The van der Waals surface area contributed by atoms with Crippen LogP contribution in [-0.2, 0) is 16.1 Å². The van der Waals surface area contributed by atoms with Crippen LogP contribution in [0.5, 0.6) is 0 Å². The highest BCUT2D eigenvalue weighted by Gasteiger charge is 2.37. The van der Waals surface area contributed by atoms with E-state index in [-0.39, 0.29) is 55.6 Å². The first kappa shape index (κ1) is 24.0. The smallest absolute Gasteiger partial charge is 0.294 e. The van der Waals surface area contributed by atoms with Gasteiger partial charge in [0.25, 0.3) is 5.91 Å². The lowest BCUT2D eigenvalue weighted by molar-refractivity contribution is -0.128. The van der Waals surface area contributed by atoms with Gasteiger partial charge in [0.15, 0.2) is 0 Å². The number of likely N-dealkylation sites (tertiary alicyclic amines) is 1. The molecule has 2 fully saturated rings. The molecule has 2 unspecified atom stereocenters. The highest BCUT2D eigenvalue weighted by molar-refractivity contribution is 6.40. The molecule has 2 aliphatic rings. The summed E-state index contributed by atoms with van der Waals surface area (Å²) in [7, 11) is 0. The van der Waals surface area contributed by atoms with Crippen LogP contribution in [0.2, 0.25) is 0 Å². The molecule has 1 aromatic rings. The van der Waals surface area contributed by atoms with Crippen molar-refractivity contribution < 1.29 is 18.4 Å². The van der Waals surface area contributed by atoms with Gasteiger partial charge in [-0.1, -0.05) is 37.3 Å². The van der Waals surface area contributed by atoms with Crippen LogP contribution in [0.1, 0.15) is 38.2 Å². The van der Waals surface area contributed by atoms with Gasteiger partial charge in [0, 0.05) is 44.3 Å². The molecular weight excluding hydrogens is 416 g/mol. The minimum Gasteiger partial charge on any atom is -0.387 e. The molecule has 1 heterocycles. The summed E-state index contributed by atoms with van der Waals surface area (Å²) in [5, 5.41) is 10.4. The van der Waals surface area contributed by atoms with E-state index in [1.807, 2.05) is 18.2 Å². The molecule has 0 aromatic heterocycles. The lowest BCUT2D eigenvalue weighted by Gasteiger charge is -2.27. The van der Waals surface area contributed by atoms with Gasteiger partial charge in [0.2, 0.25) is 11.8 Å². The molecular formula is C23H31F2N5O2. The van der Waals surface area contributed by atoms with E-state index < -0.39 is 23.7 Å². The number of alkyl halides is 2. The van der Waals surface area contributed by atoms with E-state index in [0.29, 0.717) is 6.54 Å². The molecule has 7 nitrogen and oxygen atoms in total. The Balaban J connectivity index is 1.47. The third kappa shape index (κ3) is 6.41. The van der Waals surface area contributed by atoms with Crippen LogP contribution in [0.15, 0.2) is 35.3 Å². The Labute approximate surface area is 187 Å². The first-order valence-corrected chi connectivity index (χ1v) is 11.0. The molecule has 3 rings (SSSR count). The minimum atomic E-state index is -2.71. The van der Waals surface area contributed by atoms with Crippen molar-refractivity contribution in [2.75, 3.05) is 19.6 Å². The van der Waals surface area contributed by atoms with Crippen LogP contribution in [0.4, 0.5) is 8.78 Å². The molecule has 1 aliphatic carbocycles. The second-order valence-corrected chi connectivity index (χ2v) is 8.93. The predicted octanol–water partition coefficient (Wildman–Crippen LogP) is 2.60. The van der Waals surface area contributed by atoms with Gasteiger partial charge in [-0.15, -0.1) is 0 Å². The number of rotatable bonds is 7. The zero-order valence-electron chi connectivity index (χ0n) is 18.3. The van der Waals surface area contributed by atoms with Crippen molar-refractivity contribution in [3.8, 4) is 0 Å². The van der Waals surface area contributed by atoms with Crippen molar-refractivity contribution in [1.29, 1.82) is 5.41 Å². The number of nitrogens with two attached hydrogens (primary N) is 1. The van der Waals surface area contributed by atoms with E-state index in [4.69, 9.17) is 11.1 Å².